The van der Waals surface area contributed by atoms with Gasteiger partial charge in [-0.15, -0.1) is 0 Å². The Morgan fingerprint density at radius 2 is 1.33 bits per heavy atom. The summed E-state index contributed by atoms with van der Waals surface area (Å²) in [4.78, 5) is 0. The molecule has 0 spiro atoms. The van der Waals surface area contributed by atoms with E-state index in [0.717, 1.165) is 11.5 Å². The van der Waals surface area contributed by atoms with Crippen LogP contribution in [0, 0.1) is 5.92 Å². The zero-order valence-corrected chi connectivity index (χ0v) is 19.5. The first-order chi connectivity index (χ1) is 12.7. The molecule has 0 amide bonds. The first-order valence-corrected chi connectivity index (χ1v) is 12.4. The fraction of sp³-hybridized carbons (Fsp3) is 0.727. The summed E-state index contributed by atoms with van der Waals surface area (Å²) in [5.41, 5.74) is 1.58. The van der Waals surface area contributed by atoms with Crippen LogP contribution in [0.15, 0.2) is 24.3 Å². The molecule has 1 aromatic rings. The van der Waals surface area contributed by atoms with Crippen molar-refractivity contribution in [3.8, 4) is 11.5 Å². The van der Waals surface area contributed by atoms with Gasteiger partial charge in [0.1, 0.15) is 11.5 Å². The lowest BCUT2D eigenvalue weighted by molar-refractivity contribution is 0.0382. The fourth-order valence-corrected chi connectivity index (χ4v) is 9.73. The Bertz CT molecular complexity index is 506. The van der Waals surface area contributed by atoms with Crippen molar-refractivity contribution < 1.29 is 19.0 Å². The maximum atomic E-state index is 10.5. The minimum Gasteiger partial charge on any atom is -0.497 e. The Balaban J connectivity index is 2.84. The monoisotopic (exact) mass is 396 g/mol. The van der Waals surface area contributed by atoms with Crippen molar-refractivity contribution in [1.82, 2.24) is 0 Å². The maximum Gasteiger partial charge on any atom is 0.200 e. The molecule has 0 aliphatic carbocycles. The van der Waals surface area contributed by atoms with E-state index in [2.05, 4.69) is 41.5 Å². The summed E-state index contributed by atoms with van der Waals surface area (Å²) in [6.07, 6.45) is 0.265. The summed E-state index contributed by atoms with van der Waals surface area (Å²) in [6.45, 7) is 16.7. The van der Waals surface area contributed by atoms with Gasteiger partial charge in [-0.05, 0) is 47.3 Å². The number of ether oxygens (including phenoxy) is 2. The smallest absolute Gasteiger partial charge is 0.200 e. The lowest BCUT2D eigenvalue weighted by Gasteiger charge is -2.43. The molecule has 1 aromatic carbocycles. The van der Waals surface area contributed by atoms with Gasteiger partial charge in [-0.2, -0.15) is 0 Å². The van der Waals surface area contributed by atoms with E-state index < -0.39 is 14.4 Å². The molecule has 0 fully saturated rings. The van der Waals surface area contributed by atoms with E-state index in [1.165, 1.54) is 0 Å². The van der Waals surface area contributed by atoms with Crippen LogP contribution in [0.5, 0.6) is 11.5 Å². The highest BCUT2D eigenvalue weighted by Gasteiger charge is 2.45. The van der Waals surface area contributed by atoms with Crippen molar-refractivity contribution in [2.75, 3.05) is 20.3 Å². The van der Waals surface area contributed by atoms with E-state index >= 15 is 0 Å². The molecule has 2 atom stereocenters. The molecule has 1 N–H and O–H groups in total. The number of rotatable bonds is 12. The minimum absolute atomic E-state index is 0.0415. The average molecular weight is 397 g/mol. The van der Waals surface area contributed by atoms with Gasteiger partial charge in [0.2, 0.25) is 0 Å². The molecule has 0 heterocycles. The molecular weight excluding hydrogens is 356 g/mol. The minimum atomic E-state index is -1.95. The molecule has 27 heavy (non-hydrogen) atoms. The van der Waals surface area contributed by atoms with E-state index in [9.17, 15) is 5.11 Å². The van der Waals surface area contributed by atoms with Gasteiger partial charge in [0.05, 0.1) is 19.8 Å². The van der Waals surface area contributed by atoms with Gasteiger partial charge in [0.15, 0.2) is 8.32 Å². The van der Waals surface area contributed by atoms with Crippen molar-refractivity contribution in [2.45, 2.75) is 77.6 Å². The van der Waals surface area contributed by atoms with Gasteiger partial charge in [-0.3, -0.25) is 0 Å². The largest absolute Gasteiger partial charge is 0.497 e. The zero-order chi connectivity index (χ0) is 20.6. The normalized spacial score (nSPS) is 14.7. The molecule has 0 aromatic heterocycles. The van der Waals surface area contributed by atoms with Crippen LogP contribution < -0.4 is 9.47 Å². The summed E-state index contributed by atoms with van der Waals surface area (Å²) in [5.74, 6) is 1.54. The molecule has 0 saturated carbocycles. The highest BCUT2D eigenvalue weighted by atomic mass is 28.4. The second kappa shape index (κ2) is 11.1. The molecule has 156 valence electrons. The number of methoxy groups -OCH3 is 1. The zero-order valence-electron chi connectivity index (χ0n) is 18.5. The molecule has 0 bridgehead atoms. The van der Waals surface area contributed by atoms with Gasteiger partial charge in [-0.25, -0.2) is 0 Å². The van der Waals surface area contributed by atoms with Gasteiger partial charge < -0.3 is 19.0 Å². The lowest BCUT2D eigenvalue weighted by Crippen LogP contribution is -2.49. The van der Waals surface area contributed by atoms with Crippen LogP contribution in [0.3, 0.4) is 0 Å². The Morgan fingerprint density at radius 1 is 0.852 bits per heavy atom. The maximum absolute atomic E-state index is 10.5. The van der Waals surface area contributed by atoms with Gasteiger partial charge in [0, 0.05) is 12.5 Å². The van der Waals surface area contributed by atoms with Crippen LogP contribution in [0.4, 0.5) is 0 Å². The standard InChI is InChI=1S/C22H40O4Si/c1-9-22(23)19(14-25-21-12-10-20(24-8)11-13-21)15-26-27(16(2)3,17(4)5)18(6)7/h10-13,16-19,22-23H,9,14-15H2,1-8H3/t19-,22-/m0/s1. The molecule has 0 radical (unpaired) electrons. The van der Waals surface area contributed by atoms with Crippen LogP contribution in [0.25, 0.3) is 0 Å². The Labute approximate surface area is 167 Å². The number of hydrogen-bond donors (Lipinski definition) is 1. The Morgan fingerprint density at radius 3 is 1.74 bits per heavy atom. The summed E-state index contributed by atoms with van der Waals surface area (Å²) in [7, 11) is -0.305. The molecule has 0 saturated heterocycles. The Hall–Kier alpha value is -1.04. The van der Waals surface area contributed by atoms with E-state index in [1.807, 2.05) is 31.2 Å². The number of aliphatic hydroxyl groups excluding tert-OH is 1. The third-order valence-corrected chi connectivity index (χ3v) is 11.8. The van der Waals surface area contributed by atoms with E-state index in [1.54, 1.807) is 7.11 Å². The second-order valence-corrected chi connectivity index (χ2v) is 13.8. The third kappa shape index (κ3) is 6.23. The number of benzene rings is 1. The summed E-state index contributed by atoms with van der Waals surface area (Å²) in [5, 5.41) is 10.5. The van der Waals surface area contributed by atoms with Crippen molar-refractivity contribution in [2.24, 2.45) is 5.92 Å². The van der Waals surface area contributed by atoms with E-state index in [-0.39, 0.29) is 5.92 Å². The Kier molecular flexibility index (Phi) is 9.85. The van der Waals surface area contributed by atoms with Crippen molar-refractivity contribution in [3.05, 3.63) is 24.3 Å². The quantitative estimate of drug-likeness (QED) is 0.464. The molecule has 0 unspecified atom stereocenters. The third-order valence-electron chi connectivity index (χ3n) is 5.74. The van der Waals surface area contributed by atoms with Crippen molar-refractivity contribution >= 4 is 8.32 Å². The molecule has 1 rings (SSSR count). The highest BCUT2D eigenvalue weighted by Crippen LogP contribution is 2.42. The van der Waals surface area contributed by atoms with Gasteiger partial charge >= 0.3 is 0 Å². The first kappa shape index (κ1) is 24.0. The van der Waals surface area contributed by atoms with Gasteiger partial charge in [0.25, 0.3) is 0 Å². The second-order valence-electron chi connectivity index (χ2n) is 8.35. The van der Waals surface area contributed by atoms with Crippen molar-refractivity contribution in [1.29, 1.82) is 0 Å². The first-order valence-electron chi connectivity index (χ1n) is 10.3. The molecule has 0 aliphatic rings. The van der Waals surface area contributed by atoms with Crippen LogP contribution >= 0.6 is 0 Å². The van der Waals surface area contributed by atoms with E-state index in [0.29, 0.717) is 36.3 Å². The number of hydrogen-bond acceptors (Lipinski definition) is 4. The topological polar surface area (TPSA) is 47.9 Å². The SMILES string of the molecule is CC[C@H](O)[C@@H](COc1ccc(OC)cc1)CO[Si](C(C)C)(C(C)C)C(C)C. The molecule has 4 nitrogen and oxygen atoms in total. The van der Waals surface area contributed by atoms with Crippen LogP contribution in [-0.4, -0.2) is 39.9 Å². The fourth-order valence-electron chi connectivity index (χ4n) is 4.23. The van der Waals surface area contributed by atoms with Gasteiger partial charge in [-0.1, -0.05) is 48.5 Å². The van der Waals surface area contributed by atoms with Crippen molar-refractivity contribution in [3.63, 3.8) is 0 Å². The lowest BCUT2D eigenvalue weighted by atomic mass is 10.0. The van der Waals surface area contributed by atoms with Crippen LogP contribution in [-0.2, 0) is 4.43 Å². The van der Waals surface area contributed by atoms with Crippen LogP contribution in [0.2, 0.25) is 16.6 Å². The average Bonchev–Trinajstić information content (AvgIpc) is 2.63. The summed E-state index contributed by atoms with van der Waals surface area (Å²) < 4.78 is 17.8. The predicted octanol–water partition coefficient (Wildman–Crippen LogP) is 5.65. The summed E-state index contributed by atoms with van der Waals surface area (Å²) in [6, 6.07) is 7.55. The highest BCUT2D eigenvalue weighted by molar-refractivity contribution is 6.77. The molecule has 0 aliphatic heterocycles. The molecule has 5 heteroatoms. The van der Waals surface area contributed by atoms with Crippen LogP contribution in [0.1, 0.15) is 54.9 Å². The molecular formula is C22H40O4Si. The predicted molar refractivity (Wildman–Crippen MR) is 115 cm³/mol. The van der Waals surface area contributed by atoms with E-state index in [4.69, 9.17) is 13.9 Å². The number of aliphatic hydroxyl groups is 1. The summed E-state index contributed by atoms with van der Waals surface area (Å²) >= 11 is 0.